The van der Waals surface area contributed by atoms with Gasteiger partial charge in [0.2, 0.25) is 5.91 Å². The van der Waals surface area contributed by atoms with Crippen molar-refractivity contribution in [3.63, 3.8) is 0 Å². The minimum atomic E-state index is -0.353. The van der Waals surface area contributed by atoms with Gasteiger partial charge in [0.05, 0.1) is 0 Å². The molecular weight excluding hydrogens is 378 g/mol. The zero-order valence-corrected chi connectivity index (χ0v) is 18.5. The number of piperidine rings is 1. The number of likely N-dealkylation sites (tertiary alicyclic amines) is 1. The van der Waals surface area contributed by atoms with Crippen LogP contribution in [0.25, 0.3) is 0 Å². The predicted octanol–water partition coefficient (Wildman–Crippen LogP) is 3.14. The highest BCUT2D eigenvalue weighted by Crippen LogP contribution is 2.32. The minimum absolute atomic E-state index is 0.177. The second kappa shape index (κ2) is 9.52. The van der Waals surface area contributed by atoms with E-state index in [4.69, 9.17) is 0 Å². The summed E-state index contributed by atoms with van der Waals surface area (Å²) < 4.78 is 0. The van der Waals surface area contributed by atoms with E-state index in [0.717, 1.165) is 84.1 Å². The molecule has 0 spiro atoms. The van der Waals surface area contributed by atoms with Gasteiger partial charge in [-0.25, -0.2) is 0 Å². The van der Waals surface area contributed by atoms with Crippen LogP contribution in [0.15, 0.2) is 9.59 Å². The first-order chi connectivity index (χ1) is 14.5. The fourth-order valence-corrected chi connectivity index (χ4v) is 5.49. The molecule has 6 nitrogen and oxygen atoms in total. The van der Waals surface area contributed by atoms with Crippen LogP contribution in [0.3, 0.4) is 0 Å². The van der Waals surface area contributed by atoms with Crippen molar-refractivity contribution in [1.29, 1.82) is 0 Å². The topological polar surface area (TPSA) is 69.7 Å². The number of carbonyl (C=O) groups is 1. The van der Waals surface area contributed by atoms with Crippen molar-refractivity contribution in [3.8, 4) is 0 Å². The van der Waals surface area contributed by atoms with Crippen molar-refractivity contribution >= 4 is 17.3 Å². The molecule has 1 aromatic rings. The van der Waals surface area contributed by atoms with Crippen LogP contribution in [0.1, 0.15) is 71.1 Å². The van der Waals surface area contributed by atoms with Crippen LogP contribution in [0.4, 0.5) is 11.4 Å². The Balaban J connectivity index is 1.26. The van der Waals surface area contributed by atoms with Gasteiger partial charge in [0, 0.05) is 38.6 Å². The van der Waals surface area contributed by atoms with Gasteiger partial charge in [-0.15, -0.1) is 0 Å². The van der Waals surface area contributed by atoms with E-state index in [0.29, 0.717) is 29.1 Å². The number of amides is 1. The van der Waals surface area contributed by atoms with Crippen molar-refractivity contribution in [2.45, 2.75) is 71.1 Å². The first-order valence-corrected chi connectivity index (χ1v) is 12.2. The Morgan fingerprint density at radius 2 is 1.50 bits per heavy atom. The summed E-state index contributed by atoms with van der Waals surface area (Å²) in [5.41, 5.74) is 0.488. The van der Waals surface area contributed by atoms with Gasteiger partial charge in [-0.2, -0.15) is 0 Å². The first kappa shape index (κ1) is 21.4. The van der Waals surface area contributed by atoms with Crippen LogP contribution >= 0.6 is 0 Å². The normalized spacial score (nSPS) is 26.6. The third-order valence-electron chi connectivity index (χ3n) is 7.67. The number of hydrogen-bond acceptors (Lipinski definition) is 5. The lowest BCUT2D eigenvalue weighted by Gasteiger charge is -2.34. The summed E-state index contributed by atoms with van der Waals surface area (Å²) in [6, 6.07) is 0. The third kappa shape index (κ3) is 4.57. The molecule has 0 bridgehead atoms. The van der Waals surface area contributed by atoms with Crippen LogP contribution in [0.2, 0.25) is 0 Å². The summed E-state index contributed by atoms with van der Waals surface area (Å²) in [5.74, 6) is 1.71. The van der Waals surface area contributed by atoms with Crippen LogP contribution in [0, 0.1) is 17.8 Å². The standard InChI is InChI=1S/C24H37N3O3/c1-17-10-14-26(15-11-17)21-20(22(28)23(21)29)25-16-18-6-8-19(9-7-18)24(30)27-12-4-2-3-5-13-27/h17-19,25H,2-16H2,1H3. The maximum absolute atomic E-state index is 12.9. The molecule has 166 valence electrons. The van der Waals surface area contributed by atoms with Crippen molar-refractivity contribution < 1.29 is 4.79 Å². The molecule has 4 rings (SSSR count). The quantitative estimate of drug-likeness (QED) is 0.748. The lowest BCUT2D eigenvalue weighted by atomic mass is 9.81. The number of nitrogens with one attached hydrogen (secondary N) is 1. The highest BCUT2D eigenvalue weighted by Gasteiger charge is 2.31. The molecule has 3 fully saturated rings. The van der Waals surface area contributed by atoms with Crippen LogP contribution in [-0.2, 0) is 4.79 Å². The predicted molar refractivity (Wildman–Crippen MR) is 121 cm³/mol. The van der Waals surface area contributed by atoms with E-state index in [-0.39, 0.29) is 16.8 Å². The van der Waals surface area contributed by atoms with Gasteiger partial charge in [0.25, 0.3) is 10.9 Å². The van der Waals surface area contributed by atoms with Gasteiger partial charge in [-0.1, -0.05) is 19.8 Å². The second-order valence-corrected chi connectivity index (χ2v) is 9.89. The van der Waals surface area contributed by atoms with Gasteiger partial charge in [-0.05, 0) is 63.2 Å². The monoisotopic (exact) mass is 415 g/mol. The van der Waals surface area contributed by atoms with Gasteiger partial charge in [0.1, 0.15) is 11.4 Å². The highest BCUT2D eigenvalue weighted by molar-refractivity contribution is 5.79. The number of rotatable bonds is 5. The Kier molecular flexibility index (Phi) is 6.79. The molecule has 2 heterocycles. The molecule has 1 amide bonds. The lowest BCUT2D eigenvalue weighted by molar-refractivity contribution is -0.136. The average molecular weight is 416 g/mol. The lowest BCUT2D eigenvalue weighted by Crippen LogP contribution is -2.46. The number of anilines is 2. The van der Waals surface area contributed by atoms with Crippen molar-refractivity contribution in [3.05, 3.63) is 20.4 Å². The third-order valence-corrected chi connectivity index (χ3v) is 7.67. The SMILES string of the molecule is CC1CCN(c2c(NCC3CCC(C(=O)N4CCCCCC4)CC3)c(=O)c2=O)CC1. The summed E-state index contributed by atoms with van der Waals surface area (Å²) in [7, 11) is 0. The van der Waals surface area contributed by atoms with Gasteiger partial charge >= 0.3 is 0 Å². The molecule has 3 aliphatic rings. The van der Waals surface area contributed by atoms with Crippen molar-refractivity contribution in [2.75, 3.05) is 42.9 Å². The van der Waals surface area contributed by atoms with Crippen molar-refractivity contribution in [2.24, 2.45) is 17.8 Å². The minimum Gasteiger partial charge on any atom is -0.380 e. The average Bonchev–Trinajstić information content (AvgIpc) is 3.06. The molecule has 0 radical (unpaired) electrons. The van der Waals surface area contributed by atoms with E-state index in [2.05, 4.69) is 22.0 Å². The van der Waals surface area contributed by atoms with E-state index >= 15 is 0 Å². The van der Waals surface area contributed by atoms with Crippen LogP contribution in [-0.4, -0.2) is 43.5 Å². The highest BCUT2D eigenvalue weighted by atomic mass is 16.2. The van der Waals surface area contributed by atoms with Crippen LogP contribution < -0.4 is 21.1 Å². The molecule has 0 unspecified atom stereocenters. The number of hydrogen-bond donors (Lipinski definition) is 1. The van der Waals surface area contributed by atoms with E-state index < -0.39 is 0 Å². The van der Waals surface area contributed by atoms with Gasteiger partial charge in [-0.3, -0.25) is 14.4 Å². The first-order valence-electron chi connectivity index (χ1n) is 12.2. The van der Waals surface area contributed by atoms with Gasteiger partial charge in [0.15, 0.2) is 0 Å². The Hall–Kier alpha value is -1.85. The smallest absolute Gasteiger partial charge is 0.253 e. The molecule has 2 saturated heterocycles. The maximum atomic E-state index is 12.9. The summed E-state index contributed by atoms with van der Waals surface area (Å²) in [5, 5.41) is 3.32. The number of carbonyl (C=O) groups excluding carboxylic acids is 1. The molecule has 0 atom stereocenters. The summed E-state index contributed by atoms with van der Waals surface area (Å²) in [6.07, 6.45) is 10.9. The van der Waals surface area contributed by atoms with E-state index in [1.807, 2.05) is 0 Å². The van der Waals surface area contributed by atoms with E-state index in [1.54, 1.807) is 0 Å². The fraction of sp³-hybridized carbons (Fsp3) is 0.792. The Bertz CT molecular complexity index is 789. The Morgan fingerprint density at radius 3 is 2.13 bits per heavy atom. The summed E-state index contributed by atoms with van der Waals surface area (Å²) >= 11 is 0. The molecule has 1 saturated carbocycles. The molecule has 30 heavy (non-hydrogen) atoms. The zero-order chi connectivity index (χ0) is 21.1. The fourth-order valence-electron chi connectivity index (χ4n) is 5.49. The Morgan fingerprint density at radius 1 is 0.867 bits per heavy atom. The van der Waals surface area contributed by atoms with E-state index in [1.165, 1.54) is 12.8 Å². The molecule has 1 N–H and O–H groups in total. The molecule has 1 aromatic carbocycles. The summed E-state index contributed by atoms with van der Waals surface area (Å²) in [6.45, 7) is 6.57. The summed E-state index contributed by atoms with van der Waals surface area (Å²) in [4.78, 5) is 41.4. The zero-order valence-electron chi connectivity index (χ0n) is 18.5. The van der Waals surface area contributed by atoms with Gasteiger partial charge < -0.3 is 15.1 Å². The largest absolute Gasteiger partial charge is 0.380 e. The van der Waals surface area contributed by atoms with E-state index in [9.17, 15) is 14.4 Å². The number of nitrogens with zero attached hydrogens (tertiary/aromatic N) is 2. The second-order valence-electron chi connectivity index (χ2n) is 9.89. The molecule has 6 heteroatoms. The molecule has 1 aliphatic carbocycles. The molecular formula is C24H37N3O3. The maximum Gasteiger partial charge on any atom is 0.253 e. The Labute approximate surface area is 179 Å². The molecule has 2 aliphatic heterocycles. The van der Waals surface area contributed by atoms with Crippen LogP contribution in [0.5, 0.6) is 0 Å². The molecule has 0 aromatic heterocycles. The van der Waals surface area contributed by atoms with Crippen molar-refractivity contribution in [1.82, 2.24) is 4.90 Å².